The second kappa shape index (κ2) is 12.8. The molecule has 1 aromatic heterocycles. The van der Waals surface area contributed by atoms with E-state index in [1.54, 1.807) is 0 Å². The van der Waals surface area contributed by atoms with Crippen LogP contribution in [0.15, 0.2) is 54.6 Å². The van der Waals surface area contributed by atoms with Crippen molar-refractivity contribution in [2.75, 3.05) is 84.9 Å². The van der Waals surface area contributed by atoms with E-state index in [9.17, 15) is 4.79 Å². The highest BCUT2D eigenvalue weighted by atomic mass is 16.5. The Morgan fingerprint density at radius 1 is 0.778 bits per heavy atom. The summed E-state index contributed by atoms with van der Waals surface area (Å²) in [6, 6.07) is 18.3. The first-order valence-electron chi connectivity index (χ1n) is 16.3. The fourth-order valence-electron chi connectivity index (χ4n) is 7.03. The number of morpholine rings is 2. The zero-order chi connectivity index (χ0) is 30.9. The van der Waals surface area contributed by atoms with Crippen LogP contribution in [0, 0.1) is 0 Å². The van der Waals surface area contributed by atoms with E-state index < -0.39 is 0 Å². The lowest BCUT2D eigenvalue weighted by atomic mass is 10.1. The zero-order valence-corrected chi connectivity index (χ0v) is 26.5. The van der Waals surface area contributed by atoms with Crippen molar-refractivity contribution in [3.63, 3.8) is 0 Å². The second-order valence-corrected chi connectivity index (χ2v) is 12.9. The molecule has 5 heterocycles. The van der Waals surface area contributed by atoms with E-state index in [2.05, 4.69) is 69.3 Å². The molecular weight excluding hydrogens is 568 g/mol. The van der Waals surface area contributed by atoms with Gasteiger partial charge in [-0.05, 0) is 82.3 Å². The van der Waals surface area contributed by atoms with Crippen molar-refractivity contribution in [2.45, 2.75) is 51.0 Å². The van der Waals surface area contributed by atoms with Crippen molar-refractivity contribution in [1.29, 1.82) is 0 Å². The van der Waals surface area contributed by atoms with E-state index >= 15 is 0 Å². The molecule has 0 aliphatic carbocycles. The van der Waals surface area contributed by atoms with Gasteiger partial charge in [-0.3, -0.25) is 0 Å². The molecule has 4 atom stereocenters. The van der Waals surface area contributed by atoms with Gasteiger partial charge in [0, 0.05) is 68.0 Å². The Bertz CT molecular complexity index is 1450. The van der Waals surface area contributed by atoms with Crippen LogP contribution in [0.2, 0.25) is 0 Å². The van der Waals surface area contributed by atoms with Crippen molar-refractivity contribution in [3.05, 3.63) is 54.6 Å². The summed E-state index contributed by atoms with van der Waals surface area (Å²) in [5.41, 5.74) is 3.53. The number of urea groups is 1. The Hall–Kier alpha value is -3.93. The molecule has 4 unspecified atom stereocenters. The average molecular weight is 613 g/mol. The first-order chi connectivity index (χ1) is 21.9. The Kier molecular flexibility index (Phi) is 8.48. The van der Waals surface area contributed by atoms with Crippen LogP contribution in [0.5, 0.6) is 0 Å². The molecule has 4 saturated heterocycles. The normalized spacial score (nSPS) is 25.4. The maximum Gasteiger partial charge on any atom is 0.323 e. The van der Waals surface area contributed by atoms with Crippen LogP contribution in [-0.2, 0) is 9.47 Å². The van der Waals surface area contributed by atoms with E-state index in [4.69, 9.17) is 19.4 Å². The predicted octanol–water partition coefficient (Wildman–Crippen LogP) is 4.52. The fraction of sp³-hybridized carbons (Fsp3) is 0.500. The number of carbonyl (C=O) groups excluding carboxylic acids is 1. The quantitative estimate of drug-likeness (QED) is 0.417. The Morgan fingerprint density at radius 3 is 1.98 bits per heavy atom. The Morgan fingerprint density at radius 2 is 1.36 bits per heavy atom. The SMILES string of the molecule is CC1CN(c2cc(N3C4CCC3COC4)nc(-c3ccc(NC(=O)Nc4ccc(N5CCN(C)CC5)cc4)cc3)n2)CC(C)O1. The van der Waals surface area contributed by atoms with Crippen LogP contribution in [0.4, 0.5) is 33.5 Å². The lowest BCUT2D eigenvalue weighted by Gasteiger charge is -2.38. The minimum atomic E-state index is -0.283. The van der Waals surface area contributed by atoms with Crippen LogP contribution in [0.1, 0.15) is 26.7 Å². The first-order valence-corrected chi connectivity index (χ1v) is 16.3. The maximum absolute atomic E-state index is 12.8. The summed E-state index contributed by atoms with van der Waals surface area (Å²) in [4.78, 5) is 32.4. The molecule has 7 rings (SSSR count). The van der Waals surface area contributed by atoms with E-state index in [0.29, 0.717) is 23.6 Å². The molecule has 3 aromatic rings. The fourth-order valence-corrected chi connectivity index (χ4v) is 7.03. The van der Waals surface area contributed by atoms with Gasteiger partial charge in [-0.1, -0.05) is 0 Å². The number of ether oxygens (including phenoxy) is 2. The number of nitrogens with zero attached hydrogens (tertiary/aromatic N) is 6. The predicted molar refractivity (Wildman–Crippen MR) is 179 cm³/mol. The number of fused-ring (bicyclic) bond motifs is 2. The van der Waals surface area contributed by atoms with E-state index in [1.807, 2.05) is 36.4 Å². The van der Waals surface area contributed by atoms with Crippen LogP contribution in [-0.4, -0.2) is 105 Å². The Labute approximate surface area is 265 Å². The molecule has 238 valence electrons. The van der Waals surface area contributed by atoms with Gasteiger partial charge in [-0.15, -0.1) is 0 Å². The van der Waals surface area contributed by atoms with E-state index in [1.165, 1.54) is 5.69 Å². The molecule has 0 radical (unpaired) electrons. The summed E-state index contributed by atoms with van der Waals surface area (Å²) in [5.74, 6) is 2.55. The number of rotatable bonds is 6. The molecule has 0 saturated carbocycles. The van der Waals surface area contributed by atoms with Crippen molar-refractivity contribution < 1.29 is 14.3 Å². The van der Waals surface area contributed by atoms with E-state index in [0.717, 1.165) is 88.2 Å². The molecule has 4 aliphatic rings. The maximum atomic E-state index is 12.8. The van der Waals surface area contributed by atoms with Crippen LogP contribution >= 0.6 is 0 Å². The third-order valence-corrected chi connectivity index (χ3v) is 9.34. The molecule has 4 fully saturated rings. The Balaban J connectivity index is 1.05. The van der Waals surface area contributed by atoms with Crippen LogP contribution in [0.3, 0.4) is 0 Å². The van der Waals surface area contributed by atoms with Crippen molar-refractivity contribution >= 4 is 34.7 Å². The lowest BCUT2D eigenvalue weighted by Crippen LogP contribution is -2.47. The number of anilines is 5. The molecular formula is C34H44N8O3. The van der Waals surface area contributed by atoms with Gasteiger partial charge in [0.2, 0.25) is 0 Å². The molecule has 0 spiro atoms. The number of carbonyl (C=O) groups is 1. The molecule has 11 nitrogen and oxygen atoms in total. The van der Waals surface area contributed by atoms with Crippen LogP contribution in [0.25, 0.3) is 11.4 Å². The third kappa shape index (κ3) is 6.70. The van der Waals surface area contributed by atoms with Gasteiger partial charge < -0.3 is 39.7 Å². The molecule has 2 N–H and O–H groups in total. The summed E-state index contributed by atoms with van der Waals surface area (Å²) in [5, 5.41) is 5.91. The molecule has 2 aromatic carbocycles. The second-order valence-electron chi connectivity index (χ2n) is 12.9. The molecule has 2 bridgehead atoms. The van der Waals surface area contributed by atoms with Gasteiger partial charge in [-0.2, -0.15) is 0 Å². The summed E-state index contributed by atoms with van der Waals surface area (Å²) in [6.45, 7) is 11.4. The zero-order valence-electron chi connectivity index (χ0n) is 26.5. The van der Waals surface area contributed by atoms with Gasteiger partial charge in [0.05, 0.1) is 37.5 Å². The number of piperazine rings is 1. The van der Waals surface area contributed by atoms with Crippen LogP contribution < -0.4 is 25.3 Å². The number of aromatic nitrogens is 2. The number of hydrogen-bond acceptors (Lipinski definition) is 9. The van der Waals surface area contributed by atoms with Gasteiger partial charge in [0.25, 0.3) is 0 Å². The minimum Gasteiger partial charge on any atom is -0.377 e. The summed E-state index contributed by atoms with van der Waals surface area (Å²) < 4.78 is 11.9. The molecule has 11 heteroatoms. The summed E-state index contributed by atoms with van der Waals surface area (Å²) in [6.07, 6.45) is 2.49. The van der Waals surface area contributed by atoms with Gasteiger partial charge >= 0.3 is 6.03 Å². The molecule has 45 heavy (non-hydrogen) atoms. The minimum absolute atomic E-state index is 0.126. The van der Waals surface area contributed by atoms with E-state index in [-0.39, 0.29) is 18.2 Å². The number of nitrogens with one attached hydrogen (secondary N) is 2. The molecule has 2 amide bonds. The van der Waals surface area contributed by atoms with Gasteiger partial charge in [0.15, 0.2) is 5.82 Å². The number of benzene rings is 2. The molecule has 4 aliphatic heterocycles. The lowest BCUT2D eigenvalue weighted by molar-refractivity contribution is -0.00546. The highest BCUT2D eigenvalue weighted by molar-refractivity contribution is 6.00. The largest absolute Gasteiger partial charge is 0.377 e. The monoisotopic (exact) mass is 612 g/mol. The summed E-state index contributed by atoms with van der Waals surface area (Å²) in [7, 11) is 2.15. The number of likely N-dealkylation sites (N-methyl/N-ethyl adjacent to an activating group) is 1. The van der Waals surface area contributed by atoms with Gasteiger partial charge in [0.1, 0.15) is 11.6 Å². The first kappa shape index (κ1) is 29.8. The number of amides is 2. The smallest absolute Gasteiger partial charge is 0.323 e. The highest BCUT2D eigenvalue weighted by Gasteiger charge is 2.39. The average Bonchev–Trinajstić information content (AvgIpc) is 3.29. The van der Waals surface area contributed by atoms with Crippen molar-refractivity contribution in [1.82, 2.24) is 14.9 Å². The van der Waals surface area contributed by atoms with Crippen molar-refractivity contribution in [2.24, 2.45) is 0 Å². The highest BCUT2D eigenvalue weighted by Crippen LogP contribution is 2.36. The standard InChI is InChI=1S/C34H44N8O3/c1-23-19-41(20-24(2)45-23)31-18-32(42-29-12-13-30(42)22-44-21-29)38-33(37-31)25-4-6-26(7-5-25)35-34(43)36-27-8-10-28(11-9-27)40-16-14-39(3)15-17-40/h4-11,18,23-24,29-30H,12-17,19-22H2,1-3H3,(H2,35,36,43). The number of hydrogen-bond donors (Lipinski definition) is 2. The van der Waals surface area contributed by atoms with Gasteiger partial charge in [-0.25, -0.2) is 14.8 Å². The third-order valence-electron chi connectivity index (χ3n) is 9.34. The van der Waals surface area contributed by atoms with Crippen molar-refractivity contribution in [3.8, 4) is 11.4 Å². The summed E-state index contributed by atoms with van der Waals surface area (Å²) >= 11 is 0. The topological polar surface area (TPSA) is 98.3 Å².